The van der Waals surface area contributed by atoms with Crippen LogP contribution in [-0.2, 0) is 4.74 Å². The number of nitrogens with zero attached hydrogens (tertiary/aromatic N) is 2. The lowest BCUT2D eigenvalue weighted by molar-refractivity contribution is 0.0541. The molecule has 2 aromatic heterocycles. The van der Waals surface area contributed by atoms with Gasteiger partial charge in [0.25, 0.3) is 0 Å². The second kappa shape index (κ2) is 5.64. The van der Waals surface area contributed by atoms with Crippen LogP contribution in [-0.4, -0.2) is 35.0 Å². The molecule has 0 saturated heterocycles. The first kappa shape index (κ1) is 12.6. The quantitative estimate of drug-likeness (QED) is 0.579. The molecule has 0 spiro atoms. The third kappa shape index (κ3) is 2.68. The highest BCUT2D eigenvalue weighted by atomic mass is 16.5. The van der Waals surface area contributed by atoms with Crippen molar-refractivity contribution in [1.82, 2.24) is 9.38 Å². The Labute approximate surface area is 105 Å². The molecule has 96 valence electrons. The fraction of sp³-hybridized carbons (Fsp3) is 0.385. The highest BCUT2D eigenvalue weighted by molar-refractivity contribution is 5.78. The van der Waals surface area contributed by atoms with E-state index in [9.17, 15) is 4.79 Å². The van der Waals surface area contributed by atoms with Gasteiger partial charge in [-0.05, 0) is 26.0 Å². The maximum Gasteiger partial charge on any atom is 0.243 e. The van der Waals surface area contributed by atoms with Gasteiger partial charge in [-0.15, -0.1) is 0 Å². The maximum absolute atomic E-state index is 11.1. The normalized spacial score (nSPS) is 11.1. The Morgan fingerprint density at radius 1 is 1.39 bits per heavy atom. The van der Waals surface area contributed by atoms with Crippen LogP contribution in [0.3, 0.4) is 0 Å². The molecule has 0 aliphatic carbocycles. The van der Waals surface area contributed by atoms with Crippen LogP contribution in [0.4, 0.5) is 0 Å². The Kier molecular flexibility index (Phi) is 3.94. The number of aromatic nitrogens is 2. The number of hydrogen-bond acceptors (Lipinski definition) is 4. The zero-order valence-corrected chi connectivity index (χ0v) is 10.5. The van der Waals surface area contributed by atoms with E-state index in [0.717, 1.165) is 6.29 Å². The second-order valence-corrected chi connectivity index (χ2v) is 4.12. The van der Waals surface area contributed by atoms with E-state index in [2.05, 4.69) is 4.98 Å². The Hall–Kier alpha value is -1.88. The summed E-state index contributed by atoms with van der Waals surface area (Å²) in [5.74, 6) is 0.351. The minimum Gasteiger partial charge on any atom is -0.474 e. The third-order valence-corrected chi connectivity index (χ3v) is 2.42. The van der Waals surface area contributed by atoms with Crippen molar-refractivity contribution < 1.29 is 14.3 Å². The van der Waals surface area contributed by atoms with Gasteiger partial charge >= 0.3 is 0 Å². The van der Waals surface area contributed by atoms with Gasteiger partial charge in [0.15, 0.2) is 6.29 Å². The predicted octanol–water partition coefficient (Wildman–Crippen LogP) is 1.95. The van der Waals surface area contributed by atoms with Gasteiger partial charge in [0.1, 0.15) is 17.9 Å². The van der Waals surface area contributed by atoms with Gasteiger partial charge in [0.2, 0.25) is 5.88 Å². The van der Waals surface area contributed by atoms with Gasteiger partial charge in [0, 0.05) is 6.20 Å². The van der Waals surface area contributed by atoms with Crippen molar-refractivity contribution in [2.45, 2.75) is 20.0 Å². The molecule has 0 amide bonds. The van der Waals surface area contributed by atoms with E-state index in [1.165, 1.54) is 0 Å². The number of aldehydes is 1. The SMILES string of the molecule is CC(C)OCCOc1nc2ccccn2c1C=O. The maximum atomic E-state index is 11.1. The molecule has 0 saturated carbocycles. The van der Waals surface area contributed by atoms with Crippen LogP contribution < -0.4 is 4.74 Å². The van der Waals surface area contributed by atoms with Crippen molar-refractivity contribution in [3.63, 3.8) is 0 Å². The van der Waals surface area contributed by atoms with E-state index in [0.29, 0.717) is 30.4 Å². The summed E-state index contributed by atoms with van der Waals surface area (Å²) in [4.78, 5) is 15.3. The second-order valence-electron chi connectivity index (χ2n) is 4.12. The van der Waals surface area contributed by atoms with Crippen LogP contribution in [0, 0.1) is 0 Å². The van der Waals surface area contributed by atoms with Crippen molar-refractivity contribution in [1.29, 1.82) is 0 Å². The molecule has 0 fully saturated rings. The van der Waals surface area contributed by atoms with Crippen LogP contribution >= 0.6 is 0 Å². The summed E-state index contributed by atoms with van der Waals surface area (Å²) in [6.07, 6.45) is 2.70. The van der Waals surface area contributed by atoms with E-state index in [4.69, 9.17) is 9.47 Å². The standard InChI is InChI=1S/C13H16N2O3/c1-10(2)17-7-8-18-13-11(9-16)15-6-4-3-5-12(15)14-13/h3-6,9-10H,7-8H2,1-2H3. The number of carbonyl (C=O) groups is 1. The van der Waals surface area contributed by atoms with Crippen molar-refractivity contribution >= 4 is 11.9 Å². The van der Waals surface area contributed by atoms with E-state index in [1.807, 2.05) is 32.0 Å². The van der Waals surface area contributed by atoms with Gasteiger partial charge in [-0.3, -0.25) is 9.20 Å². The minimum absolute atomic E-state index is 0.167. The number of pyridine rings is 1. The number of fused-ring (bicyclic) bond motifs is 1. The molecule has 18 heavy (non-hydrogen) atoms. The largest absolute Gasteiger partial charge is 0.474 e. The molecule has 0 aromatic carbocycles. The van der Waals surface area contributed by atoms with E-state index in [-0.39, 0.29) is 6.10 Å². The highest BCUT2D eigenvalue weighted by Crippen LogP contribution is 2.17. The molecule has 2 aromatic rings. The lowest BCUT2D eigenvalue weighted by atomic mass is 10.4. The van der Waals surface area contributed by atoms with Crippen molar-refractivity contribution in [2.24, 2.45) is 0 Å². The Morgan fingerprint density at radius 3 is 2.94 bits per heavy atom. The van der Waals surface area contributed by atoms with Gasteiger partial charge in [-0.1, -0.05) is 6.07 Å². The Balaban J connectivity index is 2.10. The first-order valence-corrected chi connectivity index (χ1v) is 5.89. The molecule has 2 heterocycles. The number of carbonyl (C=O) groups excluding carboxylic acids is 1. The van der Waals surface area contributed by atoms with E-state index in [1.54, 1.807) is 10.6 Å². The first-order valence-electron chi connectivity index (χ1n) is 5.89. The number of hydrogen-bond donors (Lipinski definition) is 0. The minimum atomic E-state index is 0.167. The summed E-state index contributed by atoms with van der Waals surface area (Å²) in [6, 6.07) is 5.53. The summed E-state index contributed by atoms with van der Waals surface area (Å²) in [5, 5.41) is 0. The topological polar surface area (TPSA) is 52.8 Å². The Morgan fingerprint density at radius 2 is 2.22 bits per heavy atom. The van der Waals surface area contributed by atoms with Gasteiger partial charge in [-0.2, -0.15) is 4.98 Å². The van der Waals surface area contributed by atoms with Gasteiger partial charge < -0.3 is 9.47 Å². The molecule has 5 nitrogen and oxygen atoms in total. The predicted molar refractivity (Wildman–Crippen MR) is 67.2 cm³/mol. The summed E-state index contributed by atoms with van der Waals surface area (Å²) in [5.41, 5.74) is 1.12. The summed E-state index contributed by atoms with van der Waals surface area (Å²) in [6.45, 7) is 4.77. The zero-order chi connectivity index (χ0) is 13.0. The van der Waals surface area contributed by atoms with Crippen molar-refractivity contribution in [3.05, 3.63) is 30.1 Å². The third-order valence-electron chi connectivity index (χ3n) is 2.42. The average Bonchev–Trinajstić information content (AvgIpc) is 2.71. The molecule has 2 rings (SSSR count). The lowest BCUT2D eigenvalue weighted by Crippen LogP contribution is -2.12. The molecule has 0 bridgehead atoms. The van der Waals surface area contributed by atoms with Crippen molar-refractivity contribution in [2.75, 3.05) is 13.2 Å². The van der Waals surface area contributed by atoms with Crippen LogP contribution in [0.15, 0.2) is 24.4 Å². The molecule has 0 aliphatic heterocycles. The summed E-state index contributed by atoms with van der Waals surface area (Å²) in [7, 11) is 0. The molecular weight excluding hydrogens is 232 g/mol. The summed E-state index contributed by atoms with van der Waals surface area (Å²) < 4.78 is 12.5. The molecule has 0 N–H and O–H groups in total. The first-order chi connectivity index (χ1) is 8.72. The fourth-order valence-electron chi connectivity index (χ4n) is 1.63. The monoisotopic (exact) mass is 248 g/mol. The molecule has 5 heteroatoms. The number of imidazole rings is 1. The summed E-state index contributed by atoms with van der Waals surface area (Å²) >= 11 is 0. The smallest absolute Gasteiger partial charge is 0.243 e. The highest BCUT2D eigenvalue weighted by Gasteiger charge is 2.12. The van der Waals surface area contributed by atoms with E-state index >= 15 is 0 Å². The van der Waals surface area contributed by atoms with Crippen LogP contribution in [0.1, 0.15) is 24.3 Å². The average molecular weight is 248 g/mol. The van der Waals surface area contributed by atoms with Crippen LogP contribution in [0.25, 0.3) is 5.65 Å². The number of ether oxygens (including phenoxy) is 2. The number of rotatable bonds is 6. The van der Waals surface area contributed by atoms with Crippen LogP contribution in [0.2, 0.25) is 0 Å². The van der Waals surface area contributed by atoms with E-state index < -0.39 is 0 Å². The fourth-order valence-corrected chi connectivity index (χ4v) is 1.63. The Bertz CT molecular complexity index is 534. The molecular formula is C13H16N2O3. The van der Waals surface area contributed by atoms with Crippen LogP contribution in [0.5, 0.6) is 5.88 Å². The van der Waals surface area contributed by atoms with Gasteiger partial charge in [-0.25, -0.2) is 0 Å². The lowest BCUT2D eigenvalue weighted by Gasteiger charge is -2.07. The molecule has 0 atom stereocenters. The molecule has 0 aliphatic rings. The molecule has 0 radical (unpaired) electrons. The van der Waals surface area contributed by atoms with Crippen molar-refractivity contribution in [3.8, 4) is 5.88 Å². The zero-order valence-electron chi connectivity index (χ0n) is 10.5. The van der Waals surface area contributed by atoms with Gasteiger partial charge in [0.05, 0.1) is 12.7 Å². The molecule has 0 unspecified atom stereocenters.